The van der Waals surface area contributed by atoms with E-state index >= 15 is 0 Å². The number of pyridine rings is 1. The van der Waals surface area contributed by atoms with E-state index in [9.17, 15) is 14.4 Å². The maximum atomic E-state index is 13.3. The highest BCUT2D eigenvalue weighted by Crippen LogP contribution is 2.24. The number of methoxy groups -OCH3 is 1. The van der Waals surface area contributed by atoms with Crippen molar-refractivity contribution in [1.82, 2.24) is 15.2 Å². The van der Waals surface area contributed by atoms with Crippen LogP contribution in [0.25, 0.3) is 0 Å². The van der Waals surface area contributed by atoms with Crippen molar-refractivity contribution in [3.63, 3.8) is 0 Å². The van der Waals surface area contributed by atoms with Crippen molar-refractivity contribution in [2.75, 3.05) is 19.0 Å². The van der Waals surface area contributed by atoms with Gasteiger partial charge in [0.25, 0.3) is 5.91 Å². The number of carbonyl (C=O) groups excluding carboxylic acids is 3. The molecule has 10 nitrogen and oxygen atoms in total. The number of benzene rings is 2. The molecule has 196 valence electrons. The number of esters is 1. The molecule has 38 heavy (non-hydrogen) atoms. The Morgan fingerprint density at radius 2 is 1.82 bits per heavy atom. The van der Waals surface area contributed by atoms with Crippen LogP contribution in [0.2, 0.25) is 5.02 Å². The number of rotatable bonds is 8. The van der Waals surface area contributed by atoms with Gasteiger partial charge in [0.2, 0.25) is 11.9 Å². The molecular weight excluding hydrogens is 510 g/mol. The molecule has 0 bridgehead atoms. The van der Waals surface area contributed by atoms with Gasteiger partial charge in [-0.05, 0) is 48.0 Å². The first kappa shape index (κ1) is 26.6. The topological polar surface area (TPSA) is 122 Å². The average Bonchev–Trinajstić information content (AvgIpc) is 2.94. The highest BCUT2D eigenvalue weighted by molar-refractivity contribution is 6.30. The Kier molecular flexibility index (Phi) is 8.55. The van der Waals surface area contributed by atoms with Gasteiger partial charge in [0.05, 0.1) is 20.2 Å². The number of hydrogen-bond acceptors (Lipinski definition) is 8. The third-order valence-corrected chi connectivity index (χ3v) is 5.88. The molecule has 0 saturated carbocycles. The molecule has 2 N–H and O–H groups in total. The molecule has 2 amide bonds. The molecule has 0 spiro atoms. The van der Waals surface area contributed by atoms with Gasteiger partial charge in [-0.15, -0.1) is 0 Å². The lowest BCUT2D eigenvalue weighted by molar-refractivity contribution is -0.133. The van der Waals surface area contributed by atoms with Crippen molar-refractivity contribution in [2.45, 2.75) is 25.9 Å². The van der Waals surface area contributed by atoms with Gasteiger partial charge in [0.1, 0.15) is 17.5 Å². The number of aliphatic imine (C=N–C) groups is 1. The van der Waals surface area contributed by atoms with Gasteiger partial charge in [0.15, 0.2) is 5.69 Å². The van der Waals surface area contributed by atoms with Crippen molar-refractivity contribution >= 4 is 41.0 Å². The summed E-state index contributed by atoms with van der Waals surface area (Å²) in [5.74, 6) is 0.273. The van der Waals surface area contributed by atoms with Gasteiger partial charge in [-0.3, -0.25) is 14.5 Å². The van der Waals surface area contributed by atoms with Crippen molar-refractivity contribution in [1.29, 1.82) is 0 Å². The van der Waals surface area contributed by atoms with Crippen LogP contribution in [0.15, 0.2) is 71.9 Å². The third-order valence-electron chi connectivity index (χ3n) is 5.63. The van der Waals surface area contributed by atoms with E-state index in [-0.39, 0.29) is 37.0 Å². The SMILES string of the molecule is CCC(=O)NC1CN=C(Nc2ccc(Oc3ccnc(C(=O)OC)c3)cc2)N(Cc2ccc(Cl)cc2)C1=O. The second-order valence-corrected chi connectivity index (χ2v) is 8.75. The molecule has 0 fully saturated rings. The number of nitrogens with one attached hydrogen (secondary N) is 2. The number of carbonyl (C=O) groups is 3. The number of halogens is 1. The minimum Gasteiger partial charge on any atom is -0.464 e. The number of guanidine groups is 1. The summed E-state index contributed by atoms with van der Waals surface area (Å²) < 4.78 is 10.5. The second kappa shape index (κ2) is 12.2. The summed E-state index contributed by atoms with van der Waals surface area (Å²) in [6, 6.07) is 16.6. The minimum atomic E-state index is -0.744. The summed E-state index contributed by atoms with van der Waals surface area (Å²) in [6.45, 7) is 2.09. The number of amides is 2. The van der Waals surface area contributed by atoms with Crippen LogP contribution >= 0.6 is 11.6 Å². The summed E-state index contributed by atoms with van der Waals surface area (Å²) >= 11 is 6.01. The maximum absolute atomic E-state index is 13.3. The number of nitrogens with zero attached hydrogens (tertiary/aromatic N) is 3. The summed E-state index contributed by atoms with van der Waals surface area (Å²) in [7, 11) is 1.28. The fourth-order valence-corrected chi connectivity index (χ4v) is 3.76. The molecular formula is C27H26ClN5O5. The van der Waals surface area contributed by atoms with E-state index in [1.54, 1.807) is 49.4 Å². The zero-order chi connectivity index (χ0) is 27.1. The van der Waals surface area contributed by atoms with Gasteiger partial charge in [-0.25, -0.2) is 14.8 Å². The van der Waals surface area contributed by atoms with Gasteiger partial charge < -0.3 is 20.1 Å². The van der Waals surface area contributed by atoms with Crippen molar-refractivity contribution in [3.8, 4) is 11.5 Å². The Hall–Kier alpha value is -4.44. The number of hydrogen-bond donors (Lipinski definition) is 2. The Bertz CT molecular complexity index is 1340. The van der Waals surface area contributed by atoms with E-state index < -0.39 is 12.0 Å². The average molecular weight is 536 g/mol. The second-order valence-electron chi connectivity index (χ2n) is 8.31. The highest BCUT2D eigenvalue weighted by Gasteiger charge is 2.33. The Labute approximate surface area is 224 Å². The molecule has 1 aromatic heterocycles. The lowest BCUT2D eigenvalue weighted by Gasteiger charge is -2.32. The molecule has 1 aliphatic rings. The fourth-order valence-electron chi connectivity index (χ4n) is 3.63. The van der Waals surface area contributed by atoms with Gasteiger partial charge in [-0.1, -0.05) is 30.7 Å². The molecule has 1 atom stereocenters. The molecule has 0 saturated heterocycles. The summed E-state index contributed by atoms with van der Waals surface area (Å²) in [6.07, 6.45) is 1.73. The quantitative estimate of drug-likeness (QED) is 0.418. The Morgan fingerprint density at radius 1 is 1.08 bits per heavy atom. The highest BCUT2D eigenvalue weighted by atomic mass is 35.5. The minimum absolute atomic E-state index is 0.121. The molecule has 0 radical (unpaired) electrons. The van der Waals surface area contributed by atoms with E-state index in [0.717, 1.165) is 5.56 Å². The van der Waals surface area contributed by atoms with Crippen LogP contribution in [0.3, 0.4) is 0 Å². The monoisotopic (exact) mass is 535 g/mol. The normalized spacial score (nSPS) is 14.9. The summed E-state index contributed by atoms with van der Waals surface area (Å²) in [5.41, 5.74) is 1.66. The van der Waals surface area contributed by atoms with E-state index in [0.29, 0.717) is 28.2 Å². The van der Waals surface area contributed by atoms with Crippen LogP contribution in [0.5, 0.6) is 11.5 Å². The molecule has 11 heteroatoms. The smallest absolute Gasteiger partial charge is 0.356 e. The predicted molar refractivity (Wildman–Crippen MR) is 142 cm³/mol. The van der Waals surface area contributed by atoms with Crippen molar-refractivity contribution < 1.29 is 23.9 Å². The van der Waals surface area contributed by atoms with E-state index in [1.807, 2.05) is 12.1 Å². The lowest BCUT2D eigenvalue weighted by atomic mass is 10.1. The molecule has 2 heterocycles. The molecule has 3 aromatic rings. The Morgan fingerprint density at radius 3 is 2.50 bits per heavy atom. The van der Waals surface area contributed by atoms with E-state index in [4.69, 9.17) is 16.3 Å². The van der Waals surface area contributed by atoms with Crippen LogP contribution in [0, 0.1) is 0 Å². The maximum Gasteiger partial charge on any atom is 0.356 e. The first-order valence-electron chi connectivity index (χ1n) is 11.8. The predicted octanol–water partition coefficient (Wildman–Crippen LogP) is 4.02. The van der Waals surface area contributed by atoms with Crippen LogP contribution in [-0.2, 0) is 20.9 Å². The van der Waals surface area contributed by atoms with E-state index in [1.165, 1.54) is 24.3 Å². The van der Waals surface area contributed by atoms with Gasteiger partial charge in [0, 0.05) is 29.4 Å². The first-order valence-corrected chi connectivity index (χ1v) is 12.2. The largest absolute Gasteiger partial charge is 0.464 e. The Balaban J connectivity index is 1.50. The number of ether oxygens (including phenoxy) is 2. The van der Waals surface area contributed by atoms with Crippen molar-refractivity contribution in [3.05, 3.63) is 83.1 Å². The molecule has 0 aliphatic carbocycles. The third kappa shape index (κ3) is 6.65. The molecule has 2 aromatic carbocycles. The van der Waals surface area contributed by atoms with Crippen molar-refractivity contribution in [2.24, 2.45) is 4.99 Å². The fraction of sp³-hybridized carbons (Fsp3) is 0.222. The summed E-state index contributed by atoms with van der Waals surface area (Å²) in [4.78, 5) is 47.0. The lowest BCUT2D eigenvalue weighted by Crippen LogP contribution is -2.56. The summed E-state index contributed by atoms with van der Waals surface area (Å²) in [5, 5.41) is 6.52. The zero-order valence-electron chi connectivity index (χ0n) is 20.8. The number of aromatic nitrogens is 1. The number of anilines is 1. The van der Waals surface area contributed by atoms with E-state index in [2.05, 4.69) is 25.3 Å². The standard InChI is InChI=1S/C27H26ClN5O5/c1-3-24(34)32-23-15-30-27(33(25(23)35)16-17-4-6-18(28)7-5-17)31-19-8-10-20(11-9-19)38-21-12-13-29-22(14-21)26(36)37-2/h4-14,23H,3,15-16H2,1-2H3,(H,30,31)(H,32,34). The van der Waals surface area contributed by atoms with Gasteiger partial charge in [-0.2, -0.15) is 0 Å². The molecule has 1 unspecified atom stereocenters. The van der Waals surface area contributed by atoms with Crippen LogP contribution in [0.4, 0.5) is 5.69 Å². The molecule has 4 rings (SSSR count). The van der Waals surface area contributed by atoms with Crippen LogP contribution in [0.1, 0.15) is 29.4 Å². The molecule has 1 aliphatic heterocycles. The van der Waals surface area contributed by atoms with Gasteiger partial charge >= 0.3 is 5.97 Å². The first-order chi connectivity index (χ1) is 18.4. The van der Waals surface area contributed by atoms with Crippen LogP contribution in [-0.4, -0.2) is 53.3 Å². The van der Waals surface area contributed by atoms with Crippen LogP contribution < -0.4 is 15.4 Å². The zero-order valence-corrected chi connectivity index (χ0v) is 21.6.